The Balaban J connectivity index is 2.19. The monoisotopic (exact) mass is 298 g/mol. The van der Waals surface area contributed by atoms with Crippen LogP contribution < -0.4 is 16.2 Å². The smallest absolute Gasteiger partial charge is 0.238 e. The maximum Gasteiger partial charge on any atom is 0.238 e. The number of hydrogen-bond acceptors (Lipinski definition) is 5. The van der Waals surface area contributed by atoms with Crippen molar-refractivity contribution in [2.45, 2.75) is 24.3 Å². The number of likely N-dealkylation sites (tertiary alicyclic amines) is 1. The normalized spacial score (nSPS) is 24.6. The molecule has 0 saturated carbocycles. The van der Waals surface area contributed by atoms with Crippen molar-refractivity contribution in [1.82, 2.24) is 4.90 Å². The number of nitrogens with zero attached hydrogens (tertiary/aromatic N) is 1. The van der Waals surface area contributed by atoms with Gasteiger partial charge in [0.05, 0.1) is 4.90 Å². The van der Waals surface area contributed by atoms with Crippen molar-refractivity contribution in [3.05, 3.63) is 18.2 Å². The van der Waals surface area contributed by atoms with Crippen LogP contribution in [-0.4, -0.2) is 39.5 Å². The molecule has 6 nitrogen and oxygen atoms in total. The Morgan fingerprint density at radius 3 is 2.65 bits per heavy atom. The second kappa shape index (κ2) is 5.59. The lowest BCUT2D eigenvalue weighted by Gasteiger charge is -2.35. The first kappa shape index (κ1) is 15.1. The number of benzene rings is 1. The Morgan fingerprint density at radius 2 is 2.05 bits per heavy atom. The zero-order valence-corrected chi connectivity index (χ0v) is 12.7. The van der Waals surface area contributed by atoms with Gasteiger partial charge in [0.15, 0.2) is 0 Å². The molecule has 1 saturated heterocycles. The summed E-state index contributed by atoms with van der Waals surface area (Å²) in [5.74, 6) is 0.480. The Labute approximate surface area is 120 Å². The minimum atomic E-state index is -3.74. The van der Waals surface area contributed by atoms with E-state index in [-0.39, 0.29) is 4.90 Å². The molecule has 7 heteroatoms. The van der Waals surface area contributed by atoms with Gasteiger partial charge in [0.2, 0.25) is 10.0 Å². The largest absolute Gasteiger partial charge is 0.399 e. The van der Waals surface area contributed by atoms with Crippen LogP contribution in [0.15, 0.2) is 23.1 Å². The molecule has 0 aromatic heterocycles. The first-order valence-electron chi connectivity index (χ1n) is 6.64. The van der Waals surface area contributed by atoms with Gasteiger partial charge in [-0.15, -0.1) is 0 Å². The molecule has 0 radical (unpaired) electrons. The summed E-state index contributed by atoms with van der Waals surface area (Å²) in [5.41, 5.74) is 6.84. The second-order valence-corrected chi connectivity index (χ2v) is 7.18. The number of primary sulfonamides is 1. The molecule has 1 fully saturated rings. The summed E-state index contributed by atoms with van der Waals surface area (Å²) in [7, 11) is -1.64. The second-order valence-electron chi connectivity index (χ2n) is 5.61. The first-order valence-corrected chi connectivity index (χ1v) is 8.19. The summed E-state index contributed by atoms with van der Waals surface area (Å²) >= 11 is 0. The number of hydrogen-bond donors (Lipinski definition) is 3. The Kier molecular flexibility index (Phi) is 4.22. The van der Waals surface area contributed by atoms with Crippen LogP contribution in [0.3, 0.4) is 0 Å². The fraction of sp³-hybridized carbons (Fsp3) is 0.538. The van der Waals surface area contributed by atoms with E-state index in [4.69, 9.17) is 10.9 Å². The van der Waals surface area contributed by atoms with Crippen molar-refractivity contribution >= 4 is 21.4 Å². The van der Waals surface area contributed by atoms with E-state index in [2.05, 4.69) is 24.2 Å². The molecule has 0 spiro atoms. The average Bonchev–Trinajstić information content (AvgIpc) is 2.31. The molecular formula is C13H22N4O2S. The van der Waals surface area contributed by atoms with Gasteiger partial charge >= 0.3 is 0 Å². The zero-order valence-electron chi connectivity index (χ0n) is 11.8. The number of anilines is 2. The predicted octanol–water partition coefficient (Wildman–Crippen LogP) is 0.668. The fourth-order valence-electron chi connectivity index (χ4n) is 2.65. The third-order valence-electron chi connectivity index (χ3n) is 3.72. The van der Waals surface area contributed by atoms with Crippen molar-refractivity contribution in [3.63, 3.8) is 0 Å². The van der Waals surface area contributed by atoms with Gasteiger partial charge in [-0.05, 0) is 44.1 Å². The predicted molar refractivity (Wildman–Crippen MR) is 80.9 cm³/mol. The van der Waals surface area contributed by atoms with E-state index in [1.165, 1.54) is 12.1 Å². The van der Waals surface area contributed by atoms with Crippen LogP contribution in [0.4, 0.5) is 11.4 Å². The molecule has 1 aromatic rings. The minimum Gasteiger partial charge on any atom is -0.399 e. The van der Waals surface area contributed by atoms with Crippen LogP contribution in [0.2, 0.25) is 0 Å². The molecule has 0 aliphatic carbocycles. The number of sulfonamides is 1. The fourth-order valence-corrected chi connectivity index (χ4v) is 3.24. The van der Waals surface area contributed by atoms with Crippen molar-refractivity contribution in [2.24, 2.45) is 11.1 Å². The summed E-state index contributed by atoms with van der Waals surface area (Å²) in [6, 6.07) is 4.95. The number of rotatable bonds is 3. The van der Waals surface area contributed by atoms with Gasteiger partial charge in [-0.1, -0.05) is 6.92 Å². The van der Waals surface area contributed by atoms with Gasteiger partial charge in [0.25, 0.3) is 0 Å². The Morgan fingerprint density at radius 1 is 1.35 bits per heavy atom. The number of nitrogen functional groups attached to an aromatic ring is 1. The summed E-state index contributed by atoms with van der Waals surface area (Å²) in [4.78, 5) is 2.33. The lowest BCUT2D eigenvalue weighted by Crippen LogP contribution is -2.43. The van der Waals surface area contributed by atoms with Gasteiger partial charge < -0.3 is 16.0 Å². The van der Waals surface area contributed by atoms with Crippen LogP contribution in [0.5, 0.6) is 0 Å². The molecular weight excluding hydrogens is 276 g/mol. The Bertz CT molecular complexity index is 588. The van der Waals surface area contributed by atoms with Crippen molar-refractivity contribution < 1.29 is 8.42 Å². The summed E-state index contributed by atoms with van der Waals surface area (Å²) in [6.07, 6.45) is 1.01. The van der Waals surface area contributed by atoms with Crippen LogP contribution >= 0.6 is 0 Å². The van der Waals surface area contributed by atoms with Crippen LogP contribution in [0.25, 0.3) is 0 Å². The minimum absolute atomic E-state index is 0.0422. The van der Waals surface area contributed by atoms with Gasteiger partial charge in [-0.2, -0.15) is 0 Å². The molecule has 2 unspecified atom stereocenters. The summed E-state index contributed by atoms with van der Waals surface area (Å²) < 4.78 is 22.8. The lowest BCUT2D eigenvalue weighted by molar-refractivity contribution is 0.206. The highest BCUT2D eigenvalue weighted by Crippen LogP contribution is 2.24. The van der Waals surface area contributed by atoms with E-state index in [0.29, 0.717) is 23.3 Å². The third-order valence-corrected chi connectivity index (χ3v) is 4.61. The van der Waals surface area contributed by atoms with Crippen LogP contribution in [0.1, 0.15) is 13.3 Å². The molecule has 1 aliphatic heterocycles. The third kappa shape index (κ3) is 3.62. The van der Waals surface area contributed by atoms with E-state index in [9.17, 15) is 8.42 Å². The number of nitrogens with two attached hydrogens (primary N) is 2. The van der Waals surface area contributed by atoms with Gasteiger partial charge in [-0.25, -0.2) is 13.6 Å². The van der Waals surface area contributed by atoms with Crippen LogP contribution in [0, 0.1) is 5.92 Å². The molecule has 5 N–H and O–H groups in total. The molecule has 112 valence electrons. The molecule has 0 bridgehead atoms. The van der Waals surface area contributed by atoms with Gasteiger partial charge in [0, 0.05) is 24.0 Å². The maximum atomic E-state index is 11.4. The van der Waals surface area contributed by atoms with Gasteiger partial charge in [-0.3, -0.25) is 0 Å². The van der Waals surface area contributed by atoms with E-state index in [1.54, 1.807) is 6.07 Å². The summed E-state index contributed by atoms with van der Waals surface area (Å²) in [6.45, 7) is 4.22. The van der Waals surface area contributed by atoms with Crippen molar-refractivity contribution in [2.75, 3.05) is 31.2 Å². The SMILES string of the molecule is CC1CN(C)CCC1Nc1cc(N)cc(S(N)(=O)=O)c1. The maximum absolute atomic E-state index is 11.4. The van der Waals surface area contributed by atoms with Crippen LogP contribution in [-0.2, 0) is 10.0 Å². The standard InChI is InChI=1S/C13H22N4O2S/c1-9-8-17(2)4-3-13(9)16-11-5-10(14)6-12(7-11)20(15,18)19/h5-7,9,13,16H,3-4,8,14H2,1-2H3,(H2,15,18,19). The molecule has 20 heavy (non-hydrogen) atoms. The Hall–Kier alpha value is -1.31. The number of piperidine rings is 1. The number of nitrogens with one attached hydrogen (secondary N) is 1. The lowest BCUT2D eigenvalue weighted by atomic mass is 9.94. The van der Waals surface area contributed by atoms with E-state index >= 15 is 0 Å². The molecule has 1 aliphatic rings. The van der Waals surface area contributed by atoms with Crippen molar-refractivity contribution in [1.29, 1.82) is 0 Å². The quantitative estimate of drug-likeness (QED) is 0.712. The van der Waals surface area contributed by atoms with Crippen molar-refractivity contribution in [3.8, 4) is 0 Å². The molecule has 1 aromatic carbocycles. The highest BCUT2D eigenvalue weighted by Gasteiger charge is 2.24. The van der Waals surface area contributed by atoms with Gasteiger partial charge in [0.1, 0.15) is 0 Å². The molecule has 0 amide bonds. The molecule has 2 atom stereocenters. The first-order chi connectivity index (χ1) is 9.25. The average molecular weight is 298 g/mol. The van der Waals surface area contributed by atoms with E-state index < -0.39 is 10.0 Å². The topological polar surface area (TPSA) is 101 Å². The molecule has 1 heterocycles. The highest BCUT2D eigenvalue weighted by molar-refractivity contribution is 7.89. The highest BCUT2D eigenvalue weighted by atomic mass is 32.2. The molecule has 2 rings (SSSR count). The zero-order chi connectivity index (χ0) is 14.9. The van der Waals surface area contributed by atoms with E-state index in [0.717, 1.165) is 19.5 Å². The van der Waals surface area contributed by atoms with E-state index in [1.807, 2.05) is 0 Å². The summed E-state index contributed by atoms with van der Waals surface area (Å²) in [5, 5.41) is 8.53.